The molecule has 0 radical (unpaired) electrons. The van der Waals surface area contributed by atoms with Crippen molar-refractivity contribution in [3.8, 4) is 11.8 Å². The average molecular weight is 534 g/mol. The molecule has 2 aromatic carbocycles. The third-order valence-electron chi connectivity index (χ3n) is 6.58. The van der Waals surface area contributed by atoms with E-state index >= 15 is 0 Å². The van der Waals surface area contributed by atoms with Gasteiger partial charge in [0.1, 0.15) is 12.3 Å². The van der Waals surface area contributed by atoms with Crippen molar-refractivity contribution in [2.45, 2.75) is 44.4 Å². The number of nitrogens with zero attached hydrogens (tertiary/aromatic N) is 1. The van der Waals surface area contributed by atoms with E-state index in [-0.39, 0.29) is 11.9 Å². The van der Waals surface area contributed by atoms with Crippen molar-refractivity contribution in [3.63, 3.8) is 0 Å². The molecule has 0 aromatic heterocycles. The van der Waals surface area contributed by atoms with Gasteiger partial charge in [-0.2, -0.15) is 0 Å². The predicted octanol–water partition coefficient (Wildman–Crippen LogP) is 1.05. The highest BCUT2D eigenvalue weighted by molar-refractivity contribution is 5.97. The number of benzene rings is 2. The van der Waals surface area contributed by atoms with Crippen molar-refractivity contribution in [1.82, 2.24) is 20.9 Å². The SMILES string of the molecule is CNC(C)C(NC(=O)c1ccc(C#Cc2ccc(CN3CCOCC3)cc2)cc1)C(N)=O.O=CCNC1CC1. The summed E-state index contributed by atoms with van der Waals surface area (Å²) in [7, 11) is 1.71. The van der Waals surface area contributed by atoms with Crippen LogP contribution in [0.2, 0.25) is 0 Å². The van der Waals surface area contributed by atoms with E-state index in [4.69, 9.17) is 10.5 Å². The van der Waals surface area contributed by atoms with E-state index in [9.17, 15) is 14.4 Å². The number of carbonyl (C=O) groups excluding carboxylic acids is 3. The van der Waals surface area contributed by atoms with Gasteiger partial charge in [-0.15, -0.1) is 0 Å². The Hall–Kier alpha value is -3.55. The zero-order valence-electron chi connectivity index (χ0n) is 22.7. The predicted molar refractivity (Wildman–Crippen MR) is 151 cm³/mol. The molecule has 1 saturated carbocycles. The van der Waals surface area contributed by atoms with E-state index < -0.39 is 11.9 Å². The Morgan fingerprint density at radius 1 is 1.05 bits per heavy atom. The molecular formula is C30H39N5O4. The van der Waals surface area contributed by atoms with Crippen LogP contribution >= 0.6 is 0 Å². The van der Waals surface area contributed by atoms with Crippen LogP contribution in [0.15, 0.2) is 48.5 Å². The van der Waals surface area contributed by atoms with Gasteiger partial charge in [0.25, 0.3) is 5.91 Å². The summed E-state index contributed by atoms with van der Waals surface area (Å²) in [5, 5.41) is 8.64. The second kappa shape index (κ2) is 15.8. The first-order chi connectivity index (χ1) is 18.9. The van der Waals surface area contributed by atoms with Crippen LogP contribution in [0, 0.1) is 11.8 Å². The Labute approximate surface area is 230 Å². The van der Waals surface area contributed by atoms with Crippen molar-refractivity contribution < 1.29 is 19.1 Å². The maximum absolute atomic E-state index is 12.5. The third-order valence-corrected chi connectivity index (χ3v) is 6.58. The lowest BCUT2D eigenvalue weighted by Crippen LogP contribution is -2.54. The summed E-state index contributed by atoms with van der Waals surface area (Å²) in [6.07, 6.45) is 3.42. The minimum absolute atomic E-state index is 0.276. The monoisotopic (exact) mass is 533 g/mol. The van der Waals surface area contributed by atoms with Crippen molar-refractivity contribution in [1.29, 1.82) is 0 Å². The average Bonchev–Trinajstić information content (AvgIpc) is 3.79. The van der Waals surface area contributed by atoms with Gasteiger partial charge in [0, 0.05) is 48.4 Å². The van der Waals surface area contributed by atoms with Crippen molar-refractivity contribution in [2.24, 2.45) is 5.73 Å². The fourth-order valence-electron chi connectivity index (χ4n) is 3.90. The number of amides is 2. The molecule has 0 spiro atoms. The number of likely N-dealkylation sites (N-methyl/N-ethyl adjacent to an activating group) is 1. The highest BCUT2D eigenvalue weighted by atomic mass is 16.5. The second-order valence-corrected chi connectivity index (χ2v) is 9.69. The summed E-state index contributed by atoms with van der Waals surface area (Å²) in [5.41, 5.74) is 8.83. The van der Waals surface area contributed by atoms with Crippen LogP contribution in [-0.4, -0.2) is 81.0 Å². The number of ether oxygens (including phenoxy) is 1. The van der Waals surface area contributed by atoms with Crippen molar-refractivity contribution in [2.75, 3.05) is 39.9 Å². The normalized spacial score (nSPS) is 16.5. The number of nitrogens with two attached hydrogens (primary N) is 1. The Bertz CT molecular complexity index is 1130. The first kappa shape index (κ1) is 30.0. The van der Waals surface area contributed by atoms with Gasteiger partial charge in [-0.05, 0) is 68.8 Å². The van der Waals surface area contributed by atoms with Gasteiger partial charge in [0.05, 0.1) is 19.8 Å². The molecule has 5 N–H and O–H groups in total. The topological polar surface area (TPSA) is 126 Å². The van der Waals surface area contributed by atoms with Crippen LogP contribution in [0.3, 0.4) is 0 Å². The van der Waals surface area contributed by atoms with Crippen LogP contribution in [0.5, 0.6) is 0 Å². The van der Waals surface area contributed by atoms with Crippen LogP contribution in [0.25, 0.3) is 0 Å². The molecule has 2 aromatic rings. The van der Waals surface area contributed by atoms with Crippen LogP contribution in [0.4, 0.5) is 0 Å². The van der Waals surface area contributed by atoms with Crippen molar-refractivity contribution in [3.05, 3.63) is 70.8 Å². The molecule has 2 fully saturated rings. The number of hydrogen-bond acceptors (Lipinski definition) is 7. The van der Waals surface area contributed by atoms with Gasteiger partial charge in [-0.3, -0.25) is 14.5 Å². The summed E-state index contributed by atoms with van der Waals surface area (Å²) < 4.78 is 5.39. The van der Waals surface area contributed by atoms with Gasteiger partial charge in [0.2, 0.25) is 5.91 Å². The minimum Gasteiger partial charge on any atom is -0.379 e. The van der Waals surface area contributed by atoms with Crippen molar-refractivity contribution >= 4 is 18.1 Å². The summed E-state index contributed by atoms with van der Waals surface area (Å²) in [4.78, 5) is 36.1. The van der Waals surface area contributed by atoms with Crippen LogP contribution in [-0.2, 0) is 20.9 Å². The zero-order chi connectivity index (χ0) is 28.0. The number of carbonyl (C=O) groups is 3. The Morgan fingerprint density at radius 3 is 2.15 bits per heavy atom. The molecule has 2 atom stereocenters. The van der Waals surface area contributed by atoms with E-state index in [0.717, 1.165) is 50.3 Å². The molecule has 1 aliphatic heterocycles. The highest BCUT2D eigenvalue weighted by Crippen LogP contribution is 2.17. The largest absolute Gasteiger partial charge is 0.379 e. The van der Waals surface area contributed by atoms with Gasteiger partial charge in [0.15, 0.2) is 0 Å². The number of nitrogens with one attached hydrogen (secondary N) is 3. The maximum Gasteiger partial charge on any atom is 0.251 e. The molecule has 1 heterocycles. The van der Waals surface area contributed by atoms with E-state index in [0.29, 0.717) is 18.2 Å². The molecular weight excluding hydrogens is 494 g/mol. The maximum atomic E-state index is 12.5. The highest BCUT2D eigenvalue weighted by Gasteiger charge is 2.24. The van der Waals surface area contributed by atoms with E-state index in [1.165, 1.54) is 18.4 Å². The van der Waals surface area contributed by atoms with Gasteiger partial charge in [-0.1, -0.05) is 24.0 Å². The molecule has 9 nitrogen and oxygen atoms in total. The molecule has 2 aliphatic rings. The summed E-state index contributed by atoms with van der Waals surface area (Å²) in [6.45, 7) is 6.76. The minimum atomic E-state index is -0.793. The molecule has 0 bridgehead atoms. The standard InChI is InChI=1S/C25H30N4O3.C5H9NO/c1-18(27-2)23(24(26)30)28-25(31)22-11-9-20(10-12-22)4-3-19-5-7-21(8-6-19)17-29-13-15-32-16-14-29;7-4-3-6-5-1-2-5/h5-12,18,23,27H,13-17H2,1-2H3,(H2,26,30)(H,28,31);4-6H,1-3H2. The first-order valence-corrected chi connectivity index (χ1v) is 13.3. The second-order valence-electron chi connectivity index (χ2n) is 9.69. The zero-order valence-corrected chi connectivity index (χ0v) is 22.7. The molecule has 1 aliphatic carbocycles. The smallest absolute Gasteiger partial charge is 0.251 e. The Kier molecular flexibility index (Phi) is 12.1. The molecule has 1 saturated heterocycles. The lowest BCUT2D eigenvalue weighted by Gasteiger charge is -2.26. The lowest BCUT2D eigenvalue weighted by atomic mass is 10.1. The van der Waals surface area contributed by atoms with Gasteiger partial charge in [-0.25, -0.2) is 0 Å². The molecule has 9 heteroatoms. The molecule has 39 heavy (non-hydrogen) atoms. The summed E-state index contributed by atoms with van der Waals surface area (Å²) in [5.74, 6) is 5.34. The third kappa shape index (κ3) is 10.6. The summed E-state index contributed by atoms with van der Waals surface area (Å²) >= 11 is 0. The molecule has 2 amide bonds. The lowest BCUT2D eigenvalue weighted by molar-refractivity contribution is -0.120. The quantitative estimate of drug-likeness (QED) is 0.266. The van der Waals surface area contributed by atoms with Crippen LogP contribution < -0.4 is 21.7 Å². The van der Waals surface area contributed by atoms with Gasteiger partial charge >= 0.3 is 0 Å². The molecule has 208 valence electrons. The van der Waals surface area contributed by atoms with E-state index in [1.54, 1.807) is 38.2 Å². The molecule has 2 unspecified atom stereocenters. The van der Waals surface area contributed by atoms with Gasteiger partial charge < -0.3 is 31.2 Å². The number of aldehydes is 1. The number of morpholine rings is 1. The Balaban J connectivity index is 0.000000520. The molecule has 4 rings (SSSR count). The summed E-state index contributed by atoms with van der Waals surface area (Å²) in [6, 6.07) is 14.8. The fraction of sp³-hybridized carbons (Fsp3) is 0.433. The van der Waals surface area contributed by atoms with Crippen LogP contribution in [0.1, 0.15) is 46.8 Å². The number of hydrogen-bond donors (Lipinski definition) is 4. The Morgan fingerprint density at radius 2 is 1.64 bits per heavy atom. The number of primary amides is 1. The van der Waals surface area contributed by atoms with E-state index in [1.807, 2.05) is 12.1 Å². The fourth-order valence-corrected chi connectivity index (χ4v) is 3.90. The van der Waals surface area contributed by atoms with E-state index in [2.05, 4.69) is 44.8 Å². The number of rotatable bonds is 10. The first-order valence-electron chi connectivity index (χ1n) is 13.3.